The number of cyclic esters (lactones) is 1. The maximum absolute atomic E-state index is 14.7. The van der Waals surface area contributed by atoms with Gasteiger partial charge in [0.15, 0.2) is 5.11 Å². The van der Waals surface area contributed by atoms with Gasteiger partial charge in [-0.15, -0.1) is 0 Å². The van der Waals surface area contributed by atoms with Gasteiger partial charge in [-0.25, -0.2) is 9.18 Å². The van der Waals surface area contributed by atoms with E-state index >= 15 is 0 Å². The highest BCUT2D eigenvalue weighted by Crippen LogP contribution is 2.30. The van der Waals surface area contributed by atoms with Crippen LogP contribution in [0, 0.1) is 5.82 Å². The molecular formula is C18H23FN4O3S2. The lowest BCUT2D eigenvalue weighted by Gasteiger charge is -2.21. The number of nitrogens with zero attached hydrogens (tertiary/aromatic N) is 3. The van der Waals surface area contributed by atoms with Crippen molar-refractivity contribution in [3.05, 3.63) is 24.0 Å². The number of carbonyl (C=O) groups excluding carboxylic acids is 1. The lowest BCUT2D eigenvalue weighted by atomic mass is 10.2. The molecule has 0 radical (unpaired) electrons. The molecule has 2 fully saturated rings. The first-order valence-electron chi connectivity index (χ1n) is 9.11. The molecular weight excluding hydrogens is 403 g/mol. The fourth-order valence-electron chi connectivity index (χ4n) is 3.15. The summed E-state index contributed by atoms with van der Waals surface area (Å²) in [6.07, 6.45) is -0.211. The highest BCUT2D eigenvalue weighted by molar-refractivity contribution is 7.80. The van der Waals surface area contributed by atoms with Crippen LogP contribution in [0.1, 0.15) is 13.3 Å². The van der Waals surface area contributed by atoms with Crippen LogP contribution in [0.2, 0.25) is 0 Å². The third-order valence-electron chi connectivity index (χ3n) is 4.64. The molecule has 1 atom stereocenters. The number of carbonyl (C=O) groups is 1. The summed E-state index contributed by atoms with van der Waals surface area (Å²) in [6.45, 7) is 4.61. The minimum Gasteiger partial charge on any atom is -0.471 e. The molecule has 152 valence electrons. The number of hydrogen-bond donors (Lipinski definition) is 1. The van der Waals surface area contributed by atoms with E-state index in [-0.39, 0.29) is 6.10 Å². The predicted octanol–water partition coefficient (Wildman–Crippen LogP) is 2.49. The van der Waals surface area contributed by atoms with Gasteiger partial charge in [-0.05, 0) is 49.6 Å². The Morgan fingerprint density at radius 1 is 1.39 bits per heavy atom. The third kappa shape index (κ3) is 4.44. The van der Waals surface area contributed by atoms with Crippen LogP contribution in [0.25, 0.3) is 0 Å². The highest BCUT2D eigenvalue weighted by Gasteiger charge is 2.33. The van der Waals surface area contributed by atoms with Gasteiger partial charge >= 0.3 is 6.09 Å². The van der Waals surface area contributed by atoms with Gasteiger partial charge < -0.3 is 24.6 Å². The summed E-state index contributed by atoms with van der Waals surface area (Å²) in [5, 5.41) is 3.87. The molecule has 0 spiro atoms. The fraction of sp³-hybridized carbons (Fsp3) is 0.500. The number of likely N-dealkylation sites (N-methyl/N-ethyl adjacent to an activating group) is 1. The van der Waals surface area contributed by atoms with E-state index in [0.717, 1.165) is 6.54 Å². The number of benzene rings is 1. The van der Waals surface area contributed by atoms with Crippen molar-refractivity contribution in [3.8, 4) is 0 Å². The Bertz CT molecular complexity index is 779. The second-order valence-electron chi connectivity index (χ2n) is 6.54. The van der Waals surface area contributed by atoms with E-state index < -0.39 is 11.9 Å². The summed E-state index contributed by atoms with van der Waals surface area (Å²) < 4.78 is 25.2. The maximum Gasteiger partial charge on any atom is 0.414 e. The number of hydrogen-bond acceptors (Lipinski definition) is 5. The Labute approximate surface area is 174 Å². The predicted molar refractivity (Wildman–Crippen MR) is 113 cm³/mol. The van der Waals surface area contributed by atoms with E-state index in [0.29, 0.717) is 54.3 Å². The minimum atomic E-state index is -0.485. The molecule has 1 aromatic rings. The number of rotatable bonds is 6. The fourth-order valence-corrected chi connectivity index (χ4v) is 3.65. The molecule has 7 nitrogen and oxygen atoms in total. The molecule has 1 aromatic carbocycles. The van der Waals surface area contributed by atoms with Crippen molar-refractivity contribution in [3.63, 3.8) is 0 Å². The van der Waals surface area contributed by atoms with E-state index in [1.807, 2.05) is 18.9 Å². The molecule has 1 unspecified atom stereocenters. The van der Waals surface area contributed by atoms with Gasteiger partial charge in [-0.3, -0.25) is 4.90 Å². The topological polar surface area (TPSA) is 57.3 Å². The third-order valence-corrected chi connectivity index (χ3v) is 5.43. The molecule has 2 aliphatic heterocycles. The first-order chi connectivity index (χ1) is 13.4. The maximum atomic E-state index is 14.7. The van der Waals surface area contributed by atoms with Crippen molar-refractivity contribution in [1.29, 1.82) is 0 Å². The SMILES string of the molecule is CCOC(=S)NCCC1CN(c2ccc(N3CCN(C)C3=S)c(F)c2)C(=O)O1. The second kappa shape index (κ2) is 8.87. The van der Waals surface area contributed by atoms with Crippen molar-refractivity contribution in [2.45, 2.75) is 19.4 Å². The van der Waals surface area contributed by atoms with Crippen molar-refractivity contribution in [2.24, 2.45) is 0 Å². The molecule has 0 bridgehead atoms. The number of ether oxygens (including phenoxy) is 2. The molecule has 0 aromatic heterocycles. The van der Waals surface area contributed by atoms with Crippen molar-refractivity contribution >= 4 is 52.2 Å². The summed E-state index contributed by atoms with van der Waals surface area (Å²) >= 11 is 10.3. The summed E-state index contributed by atoms with van der Waals surface area (Å²) in [7, 11) is 1.88. The molecule has 0 saturated carbocycles. The average Bonchev–Trinajstić information content (AvgIpc) is 3.18. The molecule has 3 rings (SSSR count). The van der Waals surface area contributed by atoms with Gasteiger partial charge in [0.05, 0.1) is 24.5 Å². The Balaban J connectivity index is 1.61. The van der Waals surface area contributed by atoms with Crippen LogP contribution in [0.4, 0.5) is 20.6 Å². The lowest BCUT2D eigenvalue weighted by Crippen LogP contribution is -2.30. The summed E-state index contributed by atoms with van der Waals surface area (Å²) in [4.78, 5) is 17.3. The van der Waals surface area contributed by atoms with Gasteiger partial charge in [0, 0.05) is 33.1 Å². The van der Waals surface area contributed by atoms with Crippen molar-refractivity contribution in [2.75, 3.05) is 49.6 Å². The van der Waals surface area contributed by atoms with Crippen molar-refractivity contribution in [1.82, 2.24) is 10.2 Å². The average molecular weight is 427 g/mol. The van der Waals surface area contributed by atoms with Gasteiger partial charge in [-0.1, -0.05) is 0 Å². The molecule has 1 amide bonds. The zero-order chi connectivity index (χ0) is 20.3. The molecule has 10 heteroatoms. The van der Waals surface area contributed by atoms with Crippen LogP contribution >= 0.6 is 24.4 Å². The van der Waals surface area contributed by atoms with Crippen LogP contribution in [0.3, 0.4) is 0 Å². The van der Waals surface area contributed by atoms with Crippen LogP contribution < -0.4 is 15.1 Å². The normalized spacial score (nSPS) is 19.2. The van der Waals surface area contributed by atoms with Gasteiger partial charge in [0.2, 0.25) is 0 Å². The van der Waals surface area contributed by atoms with Crippen LogP contribution in [-0.2, 0) is 9.47 Å². The van der Waals surface area contributed by atoms with Gasteiger partial charge in [0.1, 0.15) is 11.9 Å². The molecule has 1 N–H and O–H groups in total. The zero-order valence-electron chi connectivity index (χ0n) is 15.8. The summed E-state index contributed by atoms with van der Waals surface area (Å²) in [5.41, 5.74) is 0.876. The minimum absolute atomic E-state index is 0.299. The Hall–Kier alpha value is -2.20. The van der Waals surface area contributed by atoms with Crippen LogP contribution in [0.15, 0.2) is 18.2 Å². The van der Waals surface area contributed by atoms with E-state index in [1.165, 1.54) is 11.0 Å². The van der Waals surface area contributed by atoms with E-state index in [2.05, 4.69) is 5.32 Å². The number of nitrogens with one attached hydrogen (secondary N) is 1. The van der Waals surface area contributed by atoms with E-state index in [9.17, 15) is 9.18 Å². The quantitative estimate of drug-likeness (QED) is 0.697. The number of anilines is 2. The van der Waals surface area contributed by atoms with Crippen LogP contribution in [-0.4, -0.2) is 67.2 Å². The Morgan fingerprint density at radius 3 is 2.82 bits per heavy atom. The van der Waals surface area contributed by atoms with Crippen LogP contribution in [0.5, 0.6) is 0 Å². The van der Waals surface area contributed by atoms with Gasteiger partial charge in [0.25, 0.3) is 5.17 Å². The summed E-state index contributed by atoms with van der Waals surface area (Å²) in [5.74, 6) is -0.421. The molecule has 2 aliphatic rings. The monoisotopic (exact) mass is 426 g/mol. The largest absolute Gasteiger partial charge is 0.471 e. The Morgan fingerprint density at radius 2 is 2.18 bits per heavy atom. The van der Waals surface area contributed by atoms with Gasteiger partial charge in [-0.2, -0.15) is 0 Å². The number of amides is 1. The smallest absolute Gasteiger partial charge is 0.414 e. The first-order valence-corrected chi connectivity index (χ1v) is 9.93. The number of halogens is 1. The lowest BCUT2D eigenvalue weighted by molar-refractivity contribution is 0.137. The summed E-state index contributed by atoms with van der Waals surface area (Å²) in [6, 6.07) is 4.71. The number of thiocarbonyl (C=S) groups is 2. The Kier molecular flexibility index (Phi) is 6.50. The molecule has 28 heavy (non-hydrogen) atoms. The standard InChI is InChI=1S/C18H23FN4O3S2/c1-3-25-16(27)20-7-6-13-11-23(18(24)26-13)12-4-5-15(14(19)10-12)22-9-8-21(2)17(22)28/h4-5,10,13H,3,6-9,11H2,1-2H3,(H,20,27). The first kappa shape index (κ1) is 20.5. The molecule has 2 heterocycles. The second-order valence-corrected chi connectivity index (χ2v) is 7.28. The van der Waals surface area contributed by atoms with E-state index in [4.69, 9.17) is 33.9 Å². The zero-order valence-corrected chi connectivity index (χ0v) is 17.4. The molecule has 2 saturated heterocycles. The van der Waals surface area contributed by atoms with Crippen molar-refractivity contribution < 1.29 is 18.7 Å². The van der Waals surface area contributed by atoms with E-state index in [1.54, 1.807) is 17.0 Å². The molecule has 0 aliphatic carbocycles. The highest BCUT2D eigenvalue weighted by atomic mass is 32.1.